The first kappa shape index (κ1) is 10.9. The molecular formula is C11H8BrNO3. The molecule has 1 heterocycles. The maximum absolute atomic E-state index is 11.3. The standard InChI is InChI=1S/C11H8BrNO3/c1-6-13-9(11(15)16-6)5-7-2-3-10(14)8(12)4-7/h2-5,14H,1H3/b9-5+. The number of phenols is 1. The van der Waals surface area contributed by atoms with Crippen LogP contribution in [0, 0.1) is 0 Å². The van der Waals surface area contributed by atoms with E-state index in [0.29, 0.717) is 10.4 Å². The van der Waals surface area contributed by atoms with E-state index in [0.717, 1.165) is 5.56 Å². The summed E-state index contributed by atoms with van der Waals surface area (Å²) < 4.78 is 5.35. The van der Waals surface area contributed by atoms with Gasteiger partial charge in [-0.2, -0.15) is 0 Å². The van der Waals surface area contributed by atoms with Crippen molar-refractivity contribution in [1.82, 2.24) is 0 Å². The summed E-state index contributed by atoms with van der Waals surface area (Å²) in [6.07, 6.45) is 1.60. The van der Waals surface area contributed by atoms with Crippen molar-refractivity contribution in [3.8, 4) is 5.75 Å². The van der Waals surface area contributed by atoms with Crippen LogP contribution in [-0.4, -0.2) is 17.0 Å². The molecule has 0 spiro atoms. The molecule has 0 atom stereocenters. The van der Waals surface area contributed by atoms with Crippen LogP contribution in [0.25, 0.3) is 6.08 Å². The molecule has 0 unspecified atom stereocenters. The van der Waals surface area contributed by atoms with Crippen LogP contribution >= 0.6 is 15.9 Å². The summed E-state index contributed by atoms with van der Waals surface area (Å²) in [5.74, 6) is 0.0339. The van der Waals surface area contributed by atoms with E-state index in [4.69, 9.17) is 4.74 Å². The third kappa shape index (κ3) is 2.14. The first-order valence-electron chi connectivity index (χ1n) is 4.54. The summed E-state index contributed by atoms with van der Waals surface area (Å²) in [6.45, 7) is 1.62. The topological polar surface area (TPSA) is 58.9 Å². The zero-order chi connectivity index (χ0) is 11.7. The Morgan fingerprint density at radius 2 is 2.25 bits per heavy atom. The first-order chi connectivity index (χ1) is 7.56. The Morgan fingerprint density at radius 3 is 2.81 bits per heavy atom. The number of phenolic OH excluding ortho intramolecular Hbond substituents is 1. The Morgan fingerprint density at radius 1 is 1.50 bits per heavy atom. The van der Waals surface area contributed by atoms with Gasteiger partial charge in [0.05, 0.1) is 4.47 Å². The smallest absolute Gasteiger partial charge is 0.363 e. The summed E-state index contributed by atoms with van der Waals surface area (Å²) in [7, 11) is 0. The van der Waals surface area contributed by atoms with E-state index in [1.807, 2.05) is 0 Å². The molecule has 1 aliphatic heterocycles. The molecule has 0 amide bonds. The predicted molar refractivity (Wildman–Crippen MR) is 63.0 cm³/mol. The van der Waals surface area contributed by atoms with Crippen molar-refractivity contribution in [2.24, 2.45) is 4.99 Å². The van der Waals surface area contributed by atoms with Gasteiger partial charge in [0.15, 0.2) is 11.6 Å². The van der Waals surface area contributed by atoms with Crippen LogP contribution < -0.4 is 0 Å². The van der Waals surface area contributed by atoms with Crippen molar-refractivity contribution in [3.05, 3.63) is 33.9 Å². The van der Waals surface area contributed by atoms with E-state index in [9.17, 15) is 9.90 Å². The molecule has 0 aliphatic carbocycles. The number of benzene rings is 1. The second-order valence-corrected chi connectivity index (χ2v) is 4.12. The molecule has 1 aromatic rings. The number of hydrogen-bond donors (Lipinski definition) is 1. The van der Waals surface area contributed by atoms with Crippen molar-refractivity contribution < 1.29 is 14.6 Å². The highest BCUT2D eigenvalue weighted by molar-refractivity contribution is 9.10. The first-order valence-corrected chi connectivity index (χ1v) is 5.33. The number of ether oxygens (including phenoxy) is 1. The lowest BCUT2D eigenvalue weighted by Crippen LogP contribution is -1.99. The Balaban J connectivity index is 2.36. The van der Waals surface area contributed by atoms with Crippen LogP contribution in [0.3, 0.4) is 0 Å². The maximum Gasteiger partial charge on any atom is 0.363 e. The van der Waals surface area contributed by atoms with Crippen molar-refractivity contribution in [1.29, 1.82) is 0 Å². The highest BCUT2D eigenvalue weighted by Gasteiger charge is 2.19. The van der Waals surface area contributed by atoms with Crippen LogP contribution in [-0.2, 0) is 9.53 Å². The molecule has 1 N–H and O–H groups in total. The van der Waals surface area contributed by atoms with Gasteiger partial charge in [-0.15, -0.1) is 0 Å². The van der Waals surface area contributed by atoms with Crippen molar-refractivity contribution in [2.75, 3.05) is 0 Å². The molecule has 0 bridgehead atoms. The molecule has 2 rings (SSSR count). The highest BCUT2D eigenvalue weighted by atomic mass is 79.9. The lowest BCUT2D eigenvalue weighted by Gasteiger charge is -1.98. The SMILES string of the molecule is CC1=N/C(=C/c2ccc(O)c(Br)c2)C(=O)O1. The largest absolute Gasteiger partial charge is 0.507 e. The fourth-order valence-corrected chi connectivity index (χ4v) is 1.68. The van der Waals surface area contributed by atoms with Gasteiger partial charge in [-0.05, 0) is 39.7 Å². The Kier molecular flexibility index (Phi) is 2.78. The monoisotopic (exact) mass is 281 g/mol. The average Bonchev–Trinajstić information content (AvgIpc) is 2.51. The minimum Gasteiger partial charge on any atom is -0.507 e. The van der Waals surface area contributed by atoms with Gasteiger partial charge in [0.1, 0.15) is 5.75 Å². The molecule has 1 aliphatic rings. The van der Waals surface area contributed by atoms with Gasteiger partial charge in [-0.1, -0.05) is 6.07 Å². The number of cyclic esters (lactones) is 1. The average molecular weight is 282 g/mol. The van der Waals surface area contributed by atoms with E-state index in [1.54, 1.807) is 25.1 Å². The van der Waals surface area contributed by atoms with Gasteiger partial charge in [-0.25, -0.2) is 9.79 Å². The number of carbonyl (C=O) groups is 1. The highest BCUT2D eigenvalue weighted by Crippen LogP contribution is 2.26. The number of aliphatic imine (C=N–C) groups is 1. The number of carbonyl (C=O) groups excluding carboxylic acids is 1. The predicted octanol–water partition coefficient (Wildman–Crippen LogP) is 2.47. The van der Waals surface area contributed by atoms with Gasteiger partial charge in [0.2, 0.25) is 0 Å². The number of hydrogen-bond acceptors (Lipinski definition) is 4. The quantitative estimate of drug-likeness (QED) is 0.636. The summed E-state index contributed by atoms with van der Waals surface area (Å²) >= 11 is 3.19. The molecule has 82 valence electrons. The third-order valence-electron chi connectivity index (χ3n) is 2.00. The molecule has 5 heteroatoms. The van der Waals surface area contributed by atoms with Crippen LogP contribution in [0.4, 0.5) is 0 Å². The van der Waals surface area contributed by atoms with Gasteiger partial charge in [-0.3, -0.25) is 0 Å². The molecule has 0 fully saturated rings. The van der Waals surface area contributed by atoms with Gasteiger partial charge in [0, 0.05) is 6.92 Å². The molecule has 4 nitrogen and oxygen atoms in total. The lowest BCUT2D eigenvalue weighted by atomic mass is 10.2. The van der Waals surface area contributed by atoms with Crippen LogP contribution in [0.15, 0.2) is 33.4 Å². The Labute approximate surface area is 100 Å². The molecule has 0 aromatic heterocycles. The summed E-state index contributed by atoms with van der Waals surface area (Å²) in [5.41, 5.74) is 1.02. The molecular weight excluding hydrogens is 274 g/mol. The number of aromatic hydroxyl groups is 1. The minimum absolute atomic E-state index is 0.149. The van der Waals surface area contributed by atoms with E-state index in [2.05, 4.69) is 20.9 Å². The number of esters is 1. The van der Waals surface area contributed by atoms with Crippen LogP contribution in [0.5, 0.6) is 5.75 Å². The number of rotatable bonds is 1. The second kappa shape index (κ2) is 4.09. The van der Waals surface area contributed by atoms with Crippen molar-refractivity contribution in [2.45, 2.75) is 6.92 Å². The molecule has 0 saturated heterocycles. The number of halogens is 1. The van der Waals surface area contributed by atoms with E-state index in [-0.39, 0.29) is 11.4 Å². The zero-order valence-electron chi connectivity index (χ0n) is 8.40. The van der Waals surface area contributed by atoms with E-state index in [1.165, 1.54) is 6.07 Å². The minimum atomic E-state index is -0.457. The van der Waals surface area contributed by atoms with Gasteiger partial charge >= 0.3 is 5.97 Å². The Bertz CT molecular complexity index is 520. The summed E-state index contributed by atoms with van der Waals surface area (Å²) in [6, 6.07) is 4.91. The van der Waals surface area contributed by atoms with Crippen molar-refractivity contribution in [3.63, 3.8) is 0 Å². The fourth-order valence-electron chi connectivity index (χ4n) is 1.29. The van der Waals surface area contributed by atoms with Crippen LogP contribution in [0.1, 0.15) is 12.5 Å². The Hall–Kier alpha value is -1.62. The van der Waals surface area contributed by atoms with Crippen LogP contribution in [0.2, 0.25) is 0 Å². The zero-order valence-corrected chi connectivity index (χ0v) is 9.98. The van der Waals surface area contributed by atoms with E-state index >= 15 is 0 Å². The lowest BCUT2D eigenvalue weighted by molar-refractivity contribution is -0.130. The normalized spacial score (nSPS) is 17.5. The molecule has 0 saturated carbocycles. The third-order valence-corrected chi connectivity index (χ3v) is 2.64. The van der Waals surface area contributed by atoms with Gasteiger partial charge in [0.25, 0.3) is 0 Å². The molecule has 16 heavy (non-hydrogen) atoms. The van der Waals surface area contributed by atoms with E-state index < -0.39 is 5.97 Å². The second-order valence-electron chi connectivity index (χ2n) is 3.26. The summed E-state index contributed by atoms with van der Waals surface area (Å²) in [5, 5.41) is 9.31. The summed E-state index contributed by atoms with van der Waals surface area (Å²) in [4.78, 5) is 15.2. The molecule has 1 aromatic carbocycles. The fraction of sp³-hybridized carbons (Fsp3) is 0.0909. The van der Waals surface area contributed by atoms with Crippen molar-refractivity contribution >= 4 is 33.9 Å². The number of nitrogens with zero attached hydrogens (tertiary/aromatic N) is 1. The van der Waals surface area contributed by atoms with Gasteiger partial charge < -0.3 is 9.84 Å². The maximum atomic E-state index is 11.3. The molecule has 0 radical (unpaired) electrons.